The molecule has 466 valence electrons. The van der Waals surface area contributed by atoms with Crippen molar-refractivity contribution in [3.63, 3.8) is 0 Å². The second-order valence-electron chi connectivity index (χ2n) is 22.6. The number of methoxy groups -OCH3 is 5. The Labute approximate surface area is 502 Å². The number of imide groups is 1. The van der Waals surface area contributed by atoms with Crippen LogP contribution in [0.2, 0.25) is 0 Å². The highest BCUT2D eigenvalue weighted by molar-refractivity contribution is 6.04. The molecule has 2 fully saturated rings. The van der Waals surface area contributed by atoms with Crippen molar-refractivity contribution in [1.82, 2.24) is 25.8 Å². The molecular weight excluding hydrogens is 1110 g/mol. The smallest absolute Gasteiger partial charge is 0.326 e. The summed E-state index contributed by atoms with van der Waals surface area (Å²) in [7, 11) is 7.65. The predicted molar refractivity (Wildman–Crippen MR) is 316 cm³/mol. The quantitative estimate of drug-likeness (QED) is 0.0397. The number of amides is 6. The van der Waals surface area contributed by atoms with Crippen LogP contribution in [0.4, 0.5) is 0 Å². The molecule has 0 saturated carbocycles. The number of carboxylic acids is 1. The number of carbonyl (C=O) groups excluding carboxylic acids is 6. The first kappa shape index (κ1) is 65.4. The van der Waals surface area contributed by atoms with Crippen LogP contribution in [-0.2, 0) is 57.7 Å². The molecule has 6 amide bonds. The minimum absolute atomic E-state index is 0.00640. The predicted octanol–water partition coefficient (Wildman–Crippen LogP) is 7.04. The molecule has 0 radical (unpaired) electrons. The topological polar surface area (TPSA) is 265 Å². The van der Waals surface area contributed by atoms with Crippen LogP contribution >= 0.6 is 0 Å². The highest BCUT2D eigenvalue weighted by atomic mass is 16.5. The monoisotopic (exact) mass is 1190 g/mol. The number of benzene rings is 4. The van der Waals surface area contributed by atoms with Crippen molar-refractivity contribution in [3.8, 4) is 40.2 Å². The van der Waals surface area contributed by atoms with Crippen molar-refractivity contribution in [3.05, 3.63) is 100 Å². The second-order valence-corrected chi connectivity index (χ2v) is 22.6. The van der Waals surface area contributed by atoms with Crippen molar-refractivity contribution in [2.24, 2.45) is 0 Å². The Balaban J connectivity index is 0.873. The molecule has 22 heteroatoms. The Hall–Kier alpha value is -8.11. The van der Waals surface area contributed by atoms with Gasteiger partial charge in [-0.3, -0.25) is 34.1 Å². The zero-order valence-corrected chi connectivity index (χ0v) is 51.1. The number of piperidine rings is 2. The first-order valence-electron chi connectivity index (χ1n) is 29.2. The fraction of sp³-hybridized carbons (Fsp3) is 0.516. The molecule has 3 aliphatic heterocycles. The van der Waals surface area contributed by atoms with Crippen LogP contribution in [0.15, 0.2) is 66.7 Å². The molecule has 3 unspecified atom stereocenters. The largest absolute Gasteiger partial charge is 0.493 e. The van der Waals surface area contributed by atoms with Gasteiger partial charge in [0.15, 0.2) is 36.2 Å². The number of nitrogens with one attached hydrogen (secondary N) is 3. The van der Waals surface area contributed by atoms with E-state index in [1.165, 1.54) is 31.1 Å². The fourth-order valence-electron chi connectivity index (χ4n) is 11.4. The minimum Gasteiger partial charge on any atom is -0.493 e. The summed E-state index contributed by atoms with van der Waals surface area (Å²) >= 11 is 0. The van der Waals surface area contributed by atoms with Gasteiger partial charge in [-0.2, -0.15) is 0 Å². The lowest BCUT2D eigenvalue weighted by Gasteiger charge is -2.40. The van der Waals surface area contributed by atoms with E-state index >= 15 is 0 Å². The van der Waals surface area contributed by atoms with E-state index in [-0.39, 0.29) is 88.2 Å². The normalized spacial score (nSPS) is 18.1. The maximum Gasteiger partial charge on any atom is 0.326 e. The van der Waals surface area contributed by atoms with Crippen molar-refractivity contribution < 1.29 is 81.3 Å². The SMILES string of the molecule is CC[C@H](C(=O)N1CCC(c2c(CCCc3cccc(OCC(=O)NCCC(C)(CC)OCC(C)(C)NC(=O)COc4cccc5c4COCN(C4CCC(=O)NC4=O)C5=O)c3)ccc(OC)c2OC)C[C@H]1C(=O)O)c1cc(OC)c(OC)c(OC)c1. The number of hydrogen-bond acceptors (Lipinski definition) is 16. The number of aliphatic carboxylic acids is 1. The molecule has 5 atom stereocenters. The van der Waals surface area contributed by atoms with Crippen LogP contribution in [0.1, 0.15) is 136 Å². The summed E-state index contributed by atoms with van der Waals surface area (Å²) in [6.45, 7) is 9.45. The van der Waals surface area contributed by atoms with Gasteiger partial charge in [0.05, 0.1) is 65.8 Å². The lowest BCUT2D eigenvalue weighted by atomic mass is 9.80. The van der Waals surface area contributed by atoms with Crippen molar-refractivity contribution in [2.45, 2.75) is 140 Å². The Bertz CT molecular complexity index is 3070. The lowest BCUT2D eigenvalue weighted by molar-refractivity contribution is -0.153. The molecule has 4 aromatic rings. The first-order valence-corrected chi connectivity index (χ1v) is 29.2. The van der Waals surface area contributed by atoms with E-state index in [0.29, 0.717) is 96.4 Å². The highest BCUT2D eigenvalue weighted by Gasteiger charge is 2.42. The maximum absolute atomic E-state index is 14.4. The van der Waals surface area contributed by atoms with Crippen LogP contribution < -0.4 is 49.1 Å². The van der Waals surface area contributed by atoms with Gasteiger partial charge in [-0.05, 0) is 144 Å². The average molecular weight is 1190 g/mol. The van der Waals surface area contributed by atoms with Crippen LogP contribution in [0.5, 0.6) is 40.2 Å². The first-order chi connectivity index (χ1) is 41.2. The number of likely N-dealkylation sites (tertiary alicyclic amines) is 1. The summed E-state index contributed by atoms with van der Waals surface area (Å²) in [4.78, 5) is 94.5. The molecular formula is C64H83N5O17. The number of nitrogens with zero attached hydrogens (tertiary/aromatic N) is 2. The highest BCUT2D eigenvalue weighted by Crippen LogP contribution is 2.46. The van der Waals surface area contributed by atoms with Crippen LogP contribution in [-0.4, -0.2) is 155 Å². The van der Waals surface area contributed by atoms with Gasteiger partial charge in [-0.25, -0.2) is 4.79 Å². The summed E-state index contributed by atoms with van der Waals surface area (Å²) in [6, 6.07) is 17.8. The zero-order valence-electron chi connectivity index (χ0n) is 51.1. The number of hydrogen-bond donors (Lipinski definition) is 4. The van der Waals surface area contributed by atoms with E-state index in [0.717, 1.165) is 23.1 Å². The Morgan fingerprint density at radius 3 is 2.17 bits per heavy atom. The van der Waals surface area contributed by atoms with Crippen LogP contribution in [0.25, 0.3) is 0 Å². The van der Waals surface area contributed by atoms with Crippen molar-refractivity contribution >= 4 is 41.4 Å². The third-order valence-electron chi connectivity index (χ3n) is 16.3. The van der Waals surface area contributed by atoms with Gasteiger partial charge in [0.1, 0.15) is 30.3 Å². The maximum atomic E-state index is 14.4. The molecule has 4 N–H and O–H groups in total. The number of aryl methyl sites for hydroxylation is 2. The van der Waals surface area contributed by atoms with Crippen LogP contribution in [0.3, 0.4) is 0 Å². The molecule has 2 saturated heterocycles. The molecule has 0 bridgehead atoms. The molecule has 0 spiro atoms. The molecule has 22 nitrogen and oxygen atoms in total. The van der Waals surface area contributed by atoms with Crippen molar-refractivity contribution in [2.75, 3.05) is 75.2 Å². The number of carbonyl (C=O) groups is 7. The Morgan fingerprint density at radius 2 is 1.51 bits per heavy atom. The molecule has 0 aromatic heterocycles. The molecule has 86 heavy (non-hydrogen) atoms. The van der Waals surface area contributed by atoms with E-state index in [1.807, 2.05) is 65.0 Å². The van der Waals surface area contributed by atoms with E-state index in [9.17, 15) is 38.7 Å². The minimum atomic E-state index is -1.10. The van der Waals surface area contributed by atoms with Gasteiger partial charge in [0.2, 0.25) is 23.5 Å². The van der Waals surface area contributed by atoms with E-state index in [4.69, 9.17) is 42.6 Å². The van der Waals surface area contributed by atoms with Gasteiger partial charge in [-0.1, -0.05) is 38.1 Å². The Morgan fingerprint density at radius 1 is 0.802 bits per heavy atom. The van der Waals surface area contributed by atoms with Gasteiger partial charge in [-0.15, -0.1) is 0 Å². The van der Waals surface area contributed by atoms with Crippen LogP contribution in [0, 0.1) is 0 Å². The van der Waals surface area contributed by atoms with Gasteiger partial charge in [0.25, 0.3) is 17.7 Å². The van der Waals surface area contributed by atoms with Gasteiger partial charge >= 0.3 is 5.97 Å². The standard InChI is InChI=1S/C64H83N5O17/c1-11-44(42-32-51(79-7)57(81-9)52(33-42)80-8)60(74)68-29-26-41(31-48(68)62(76)77)56-40(22-24-50(78-6)58(56)82-10)18-13-16-39-17-14-19-43(30-39)84-35-54(71)65-28-27-64(5,12-2)86-37-63(3,4)67-55(72)36-85-49-21-15-20-45-46(49)34-83-38-69(61(45)75)47-23-25-53(70)66-59(47)73/h14-15,17,19-22,24,30,32-33,41,44,47-48H,11-13,16,18,23,25-29,31,34-38H2,1-10H3,(H,65,71)(H,67,72)(H,76,77)(H,66,70,73)/t41?,44-,47?,48-,64?/m0/s1. The van der Waals surface area contributed by atoms with Gasteiger partial charge < -0.3 is 68.2 Å². The number of fused-ring (bicyclic) bond motifs is 1. The summed E-state index contributed by atoms with van der Waals surface area (Å²) in [5.74, 6) is -1.33. The lowest BCUT2D eigenvalue weighted by Crippen LogP contribution is -2.54. The molecule has 3 heterocycles. The van der Waals surface area contributed by atoms with Crippen molar-refractivity contribution in [1.29, 1.82) is 0 Å². The summed E-state index contributed by atoms with van der Waals surface area (Å²) < 4.78 is 52.4. The second kappa shape index (κ2) is 29.8. The number of carboxylic acid groups (broad SMARTS) is 1. The molecule has 0 aliphatic carbocycles. The Kier molecular flexibility index (Phi) is 22.7. The van der Waals surface area contributed by atoms with E-state index in [1.54, 1.807) is 50.6 Å². The van der Waals surface area contributed by atoms with E-state index < -0.39 is 52.8 Å². The molecule has 3 aliphatic rings. The third kappa shape index (κ3) is 16.0. The zero-order chi connectivity index (χ0) is 62.3. The molecule has 7 rings (SSSR count). The third-order valence-corrected chi connectivity index (χ3v) is 16.3. The van der Waals surface area contributed by atoms with Gasteiger partial charge in [0, 0.05) is 36.2 Å². The number of rotatable bonds is 29. The molecule has 4 aromatic carbocycles. The number of ether oxygens (including phenoxy) is 9. The summed E-state index contributed by atoms with van der Waals surface area (Å²) in [5.41, 5.74) is 2.76. The summed E-state index contributed by atoms with van der Waals surface area (Å²) in [6.07, 6.45) is 4.51. The summed E-state index contributed by atoms with van der Waals surface area (Å²) in [5, 5.41) is 18.9. The fourth-order valence-corrected chi connectivity index (χ4v) is 11.4. The van der Waals surface area contributed by atoms with E-state index in [2.05, 4.69) is 16.0 Å². The average Bonchev–Trinajstić information content (AvgIpc) is 1.23.